The maximum absolute atomic E-state index is 11.0. The first-order chi connectivity index (χ1) is 8.51. The van der Waals surface area contributed by atoms with Gasteiger partial charge in [0.25, 0.3) is 5.69 Å². The van der Waals surface area contributed by atoms with Crippen molar-refractivity contribution in [2.45, 2.75) is 19.4 Å². The molecule has 1 atom stereocenters. The number of carboxylic acid groups (broad SMARTS) is 1. The van der Waals surface area contributed by atoms with Crippen LogP contribution in [0.25, 0.3) is 0 Å². The van der Waals surface area contributed by atoms with Gasteiger partial charge in [-0.2, -0.15) is 5.26 Å². The van der Waals surface area contributed by atoms with Gasteiger partial charge in [-0.3, -0.25) is 10.1 Å². The Morgan fingerprint density at radius 2 is 2.33 bits per heavy atom. The van der Waals surface area contributed by atoms with Crippen molar-refractivity contribution in [2.75, 3.05) is 0 Å². The zero-order valence-electron chi connectivity index (χ0n) is 9.49. The molecule has 0 radical (unpaired) electrons. The molecule has 0 spiro atoms. The number of ether oxygens (including phenoxy) is 1. The summed E-state index contributed by atoms with van der Waals surface area (Å²) in [6.45, 7) is 1.69. The predicted octanol–water partition coefficient (Wildman–Crippen LogP) is 1.97. The van der Waals surface area contributed by atoms with Crippen LogP contribution < -0.4 is 4.74 Å². The minimum atomic E-state index is -1.47. The summed E-state index contributed by atoms with van der Waals surface area (Å²) in [5, 5.41) is 28.5. The zero-order chi connectivity index (χ0) is 13.7. The van der Waals surface area contributed by atoms with Crippen molar-refractivity contribution in [2.24, 2.45) is 0 Å². The lowest BCUT2D eigenvalue weighted by molar-refractivity contribution is -0.385. The number of nitro benzene ring substituents is 1. The molecule has 1 unspecified atom stereocenters. The first-order valence-electron chi connectivity index (χ1n) is 5.08. The fourth-order valence-electron chi connectivity index (χ4n) is 1.34. The van der Waals surface area contributed by atoms with E-state index in [2.05, 4.69) is 0 Å². The van der Waals surface area contributed by atoms with Crippen LogP contribution in [0, 0.1) is 21.4 Å². The van der Waals surface area contributed by atoms with Crippen LogP contribution in [0.4, 0.5) is 5.69 Å². The Bertz CT molecular complexity index is 521. The van der Waals surface area contributed by atoms with Crippen LogP contribution in [0.1, 0.15) is 23.7 Å². The molecule has 1 N–H and O–H groups in total. The molecule has 0 saturated carbocycles. The Kier molecular flexibility index (Phi) is 4.21. The highest BCUT2D eigenvalue weighted by Gasteiger charge is 2.25. The second-order valence-electron chi connectivity index (χ2n) is 3.36. The van der Waals surface area contributed by atoms with Crippen LogP contribution in [0.5, 0.6) is 5.75 Å². The molecule has 1 aromatic rings. The Labute approximate surface area is 102 Å². The minimum Gasteiger partial charge on any atom is -0.477 e. The smallest absolute Gasteiger partial charge is 0.346 e. The van der Waals surface area contributed by atoms with Crippen LogP contribution in [0.3, 0.4) is 0 Å². The van der Waals surface area contributed by atoms with Crippen molar-refractivity contribution in [1.29, 1.82) is 5.26 Å². The number of carboxylic acids is 1. The first kappa shape index (κ1) is 13.4. The summed E-state index contributed by atoms with van der Waals surface area (Å²) < 4.78 is 5.15. The van der Waals surface area contributed by atoms with Crippen LogP contribution in [-0.2, 0) is 0 Å². The van der Waals surface area contributed by atoms with E-state index in [-0.39, 0.29) is 5.75 Å². The molecular weight excluding hydrogens is 240 g/mol. The molecule has 0 heterocycles. The summed E-state index contributed by atoms with van der Waals surface area (Å²) in [6, 6.07) is 5.50. The van der Waals surface area contributed by atoms with Gasteiger partial charge in [-0.15, -0.1) is 0 Å². The van der Waals surface area contributed by atoms with E-state index in [1.807, 2.05) is 6.07 Å². The molecule has 7 nitrogen and oxygen atoms in total. The summed E-state index contributed by atoms with van der Waals surface area (Å²) in [5.41, 5.74) is -1.11. The van der Waals surface area contributed by atoms with E-state index in [4.69, 9.17) is 15.1 Å². The highest BCUT2D eigenvalue weighted by molar-refractivity contribution is 5.95. The lowest BCUT2D eigenvalue weighted by Gasteiger charge is -2.12. The largest absolute Gasteiger partial charge is 0.477 e. The Hall–Kier alpha value is -2.62. The van der Waals surface area contributed by atoms with E-state index in [1.54, 1.807) is 6.92 Å². The van der Waals surface area contributed by atoms with E-state index >= 15 is 0 Å². The quantitative estimate of drug-likeness (QED) is 0.631. The third kappa shape index (κ3) is 2.74. The number of aromatic carboxylic acids is 1. The molecular formula is C11H10N2O5. The number of nitro groups is 1. The van der Waals surface area contributed by atoms with E-state index in [1.165, 1.54) is 12.1 Å². The van der Waals surface area contributed by atoms with Gasteiger partial charge < -0.3 is 9.84 Å². The SMILES string of the molecule is CCC(C#N)Oc1cccc([N+](=O)[O-])c1C(=O)O. The predicted molar refractivity (Wildman–Crippen MR) is 60.4 cm³/mol. The number of carbonyl (C=O) groups is 1. The summed E-state index contributed by atoms with van der Waals surface area (Å²) in [6.07, 6.45) is -0.497. The standard InChI is InChI=1S/C11H10N2O5/c1-2-7(6-12)18-9-5-3-4-8(13(16)17)10(9)11(14)15/h3-5,7H,2H2,1H3,(H,14,15). The maximum atomic E-state index is 11.0. The lowest BCUT2D eigenvalue weighted by atomic mass is 10.1. The molecule has 0 aliphatic carbocycles. The highest BCUT2D eigenvalue weighted by atomic mass is 16.6. The first-order valence-corrected chi connectivity index (χ1v) is 5.08. The zero-order valence-corrected chi connectivity index (χ0v) is 9.49. The van der Waals surface area contributed by atoms with Gasteiger partial charge in [0, 0.05) is 6.07 Å². The molecule has 0 fully saturated rings. The minimum absolute atomic E-state index is 0.176. The highest BCUT2D eigenvalue weighted by Crippen LogP contribution is 2.29. The fraction of sp³-hybridized carbons (Fsp3) is 0.273. The molecule has 0 amide bonds. The van der Waals surface area contributed by atoms with Gasteiger partial charge >= 0.3 is 5.97 Å². The second kappa shape index (κ2) is 5.63. The number of hydrogen-bond acceptors (Lipinski definition) is 5. The van der Waals surface area contributed by atoms with Crippen molar-refractivity contribution < 1.29 is 19.6 Å². The van der Waals surface area contributed by atoms with E-state index in [0.717, 1.165) is 6.07 Å². The molecule has 1 aromatic carbocycles. The van der Waals surface area contributed by atoms with Crippen molar-refractivity contribution in [3.05, 3.63) is 33.9 Å². The molecule has 0 bridgehead atoms. The molecule has 0 aliphatic rings. The molecule has 18 heavy (non-hydrogen) atoms. The van der Waals surface area contributed by atoms with E-state index in [0.29, 0.717) is 6.42 Å². The second-order valence-corrected chi connectivity index (χ2v) is 3.36. The van der Waals surface area contributed by atoms with Crippen molar-refractivity contribution in [3.8, 4) is 11.8 Å². The van der Waals surface area contributed by atoms with Gasteiger partial charge in [0.15, 0.2) is 11.7 Å². The monoisotopic (exact) mass is 250 g/mol. The number of nitrogens with zero attached hydrogens (tertiary/aromatic N) is 2. The summed E-state index contributed by atoms with van der Waals surface area (Å²) >= 11 is 0. The number of nitriles is 1. The average molecular weight is 250 g/mol. The van der Waals surface area contributed by atoms with Crippen molar-refractivity contribution in [1.82, 2.24) is 0 Å². The summed E-state index contributed by atoms with van der Waals surface area (Å²) in [7, 11) is 0. The van der Waals surface area contributed by atoms with Crippen molar-refractivity contribution in [3.63, 3.8) is 0 Å². The molecule has 1 rings (SSSR count). The summed E-state index contributed by atoms with van der Waals surface area (Å²) in [5.74, 6) is -1.64. The van der Waals surface area contributed by atoms with Crippen molar-refractivity contribution >= 4 is 11.7 Å². The number of hydrogen-bond donors (Lipinski definition) is 1. The number of rotatable bonds is 5. The van der Waals surface area contributed by atoms with Crippen LogP contribution in [-0.4, -0.2) is 22.1 Å². The van der Waals surface area contributed by atoms with Gasteiger partial charge in [0.05, 0.1) is 4.92 Å². The lowest BCUT2D eigenvalue weighted by Crippen LogP contribution is -2.15. The molecule has 0 aliphatic heterocycles. The molecule has 0 saturated heterocycles. The van der Waals surface area contributed by atoms with Crippen LogP contribution in [0.15, 0.2) is 18.2 Å². The third-order valence-corrected chi connectivity index (χ3v) is 2.20. The normalized spacial score (nSPS) is 11.3. The maximum Gasteiger partial charge on any atom is 0.346 e. The van der Waals surface area contributed by atoms with Gasteiger partial charge in [-0.25, -0.2) is 4.79 Å². The Balaban J connectivity index is 3.28. The molecule has 7 heteroatoms. The summed E-state index contributed by atoms with van der Waals surface area (Å²) in [4.78, 5) is 21.0. The average Bonchev–Trinajstić information content (AvgIpc) is 2.35. The molecule has 94 valence electrons. The van der Waals surface area contributed by atoms with Gasteiger partial charge in [-0.05, 0) is 12.5 Å². The fourth-order valence-corrected chi connectivity index (χ4v) is 1.34. The van der Waals surface area contributed by atoms with Gasteiger partial charge in [-0.1, -0.05) is 13.0 Å². The van der Waals surface area contributed by atoms with Gasteiger partial charge in [0.1, 0.15) is 11.8 Å². The number of benzene rings is 1. The molecule has 0 aromatic heterocycles. The van der Waals surface area contributed by atoms with E-state index < -0.39 is 28.2 Å². The Morgan fingerprint density at radius 3 is 2.78 bits per heavy atom. The topological polar surface area (TPSA) is 113 Å². The van der Waals surface area contributed by atoms with Crippen LogP contribution >= 0.6 is 0 Å². The van der Waals surface area contributed by atoms with Crippen LogP contribution in [0.2, 0.25) is 0 Å². The Morgan fingerprint density at radius 1 is 1.67 bits per heavy atom. The van der Waals surface area contributed by atoms with Gasteiger partial charge in [0.2, 0.25) is 0 Å². The van der Waals surface area contributed by atoms with E-state index in [9.17, 15) is 14.9 Å². The third-order valence-electron chi connectivity index (χ3n) is 2.20.